The summed E-state index contributed by atoms with van der Waals surface area (Å²) in [6.07, 6.45) is 2.24. The number of hydrogen-bond donors (Lipinski definition) is 1. The van der Waals surface area contributed by atoms with Gasteiger partial charge in [-0.3, -0.25) is 9.69 Å². The van der Waals surface area contributed by atoms with Crippen molar-refractivity contribution in [3.05, 3.63) is 0 Å². The van der Waals surface area contributed by atoms with Crippen molar-refractivity contribution < 1.29 is 14.6 Å². The lowest BCUT2D eigenvalue weighted by atomic mass is 10.0. The van der Waals surface area contributed by atoms with E-state index in [2.05, 4.69) is 11.8 Å². The molecule has 0 spiro atoms. The zero-order chi connectivity index (χ0) is 11.3. The van der Waals surface area contributed by atoms with Gasteiger partial charge in [0.15, 0.2) is 0 Å². The predicted molar refractivity (Wildman–Crippen MR) is 57.9 cm³/mol. The summed E-state index contributed by atoms with van der Waals surface area (Å²) in [5, 5.41) is 8.60. The van der Waals surface area contributed by atoms with Crippen LogP contribution in [0.1, 0.15) is 26.2 Å². The smallest absolute Gasteiger partial charge is 0.303 e. The van der Waals surface area contributed by atoms with E-state index in [4.69, 9.17) is 9.84 Å². The monoisotopic (exact) mass is 215 g/mol. The first-order valence-electron chi connectivity index (χ1n) is 5.58. The molecular formula is C11H21NO3. The third kappa shape index (κ3) is 4.18. The summed E-state index contributed by atoms with van der Waals surface area (Å²) >= 11 is 0. The van der Waals surface area contributed by atoms with Crippen molar-refractivity contribution in [3.63, 3.8) is 0 Å². The first-order valence-corrected chi connectivity index (χ1v) is 5.58. The normalized spacial score (nSPS) is 24.3. The Kier molecular flexibility index (Phi) is 5.05. The molecule has 0 bridgehead atoms. The van der Waals surface area contributed by atoms with Crippen LogP contribution in [0.4, 0.5) is 0 Å². The molecule has 2 atom stereocenters. The quantitative estimate of drug-likeness (QED) is 0.723. The molecule has 1 heterocycles. The predicted octanol–water partition coefficient (Wildman–Crippen LogP) is 1.21. The first-order chi connectivity index (χ1) is 7.13. The van der Waals surface area contributed by atoms with Gasteiger partial charge in [-0.25, -0.2) is 0 Å². The number of nitrogens with zero attached hydrogens (tertiary/aromatic N) is 1. The molecule has 0 radical (unpaired) electrons. The molecule has 0 saturated carbocycles. The van der Waals surface area contributed by atoms with Gasteiger partial charge >= 0.3 is 5.97 Å². The third-order valence-corrected chi connectivity index (χ3v) is 3.11. The van der Waals surface area contributed by atoms with Crippen LogP contribution < -0.4 is 0 Å². The highest BCUT2D eigenvalue weighted by Crippen LogP contribution is 2.22. The number of hydrogen-bond acceptors (Lipinski definition) is 3. The molecule has 2 unspecified atom stereocenters. The van der Waals surface area contributed by atoms with Gasteiger partial charge in [0.25, 0.3) is 0 Å². The Morgan fingerprint density at radius 3 is 3.00 bits per heavy atom. The minimum absolute atomic E-state index is 0.303. The Hall–Kier alpha value is -0.610. The second kappa shape index (κ2) is 6.08. The van der Waals surface area contributed by atoms with Crippen LogP contribution in [-0.4, -0.2) is 48.8 Å². The van der Waals surface area contributed by atoms with Gasteiger partial charge in [0, 0.05) is 26.1 Å². The Morgan fingerprint density at radius 2 is 2.40 bits per heavy atom. The highest BCUT2D eigenvalue weighted by atomic mass is 16.5. The topological polar surface area (TPSA) is 49.8 Å². The molecule has 1 N–H and O–H groups in total. The van der Waals surface area contributed by atoms with Gasteiger partial charge in [0.2, 0.25) is 0 Å². The molecule has 0 aromatic carbocycles. The van der Waals surface area contributed by atoms with Crippen molar-refractivity contribution in [1.29, 1.82) is 0 Å². The number of carbonyl (C=O) groups is 1. The molecular weight excluding hydrogens is 194 g/mol. The SMILES string of the molecule is COCC(C)N1CCC(CCC(=O)O)C1. The Bertz CT molecular complexity index is 208. The highest BCUT2D eigenvalue weighted by Gasteiger charge is 2.25. The van der Waals surface area contributed by atoms with Crippen molar-refractivity contribution in [2.75, 3.05) is 26.8 Å². The largest absolute Gasteiger partial charge is 0.481 e. The van der Waals surface area contributed by atoms with E-state index in [1.165, 1.54) is 0 Å². The van der Waals surface area contributed by atoms with Crippen LogP contribution in [0.15, 0.2) is 0 Å². The fraction of sp³-hybridized carbons (Fsp3) is 0.909. The summed E-state index contributed by atoms with van der Waals surface area (Å²) in [5.41, 5.74) is 0. The number of carboxylic acids is 1. The maximum atomic E-state index is 10.4. The van der Waals surface area contributed by atoms with E-state index in [1.807, 2.05) is 0 Å². The number of carboxylic acid groups (broad SMARTS) is 1. The second-order valence-electron chi connectivity index (χ2n) is 4.39. The fourth-order valence-corrected chi connectivity index (χ4v) is 2.17. The number of methoxy groups -OCH3 is 1. The summed E-state index contributed by atoms with van der Waals surface area (Å²) in [6.45, 7) is 5.02. The number of aliphatic carboxylic acids is 1. The lowest BCUT2D eigenvalue weighted by Crippen LogP contribution is -2.34. The third-order valence-electron chi connectivity index (χ3n) is 3.11. The van der Waals surface area contributed by atoms with Crippen LogP contribution in [0.5, 0.6) is 0 Å². The fourth-order valence-electron chi connectivity index (χ4n) is 2.17. The zero-order valence-electron chi connectivity index (χ0n) is 9.61. The molecule has 0 amide bonds. The van der Waals surface area contributed by atoms with Crippen LogP contribution in [0.25, 0.3) is 0 Å². The first kappa shape index (κ1) is 12.5. The Labute approximate surface area is 91.2 Å². The van der Waals surface area contributed by atoms with Crippen molar-refractivity contribution in [2.24, 2.45) is 5.92 Å². The number of ether oxygens (including phenoxy) is 1. The lowest BCUT2D eigenvalue weighted by Gasteiger charge is -2.23. The van der Waals surface area contributed by atoms with Crippen molar-refractivity contribution in [3.8, 4) is 0 Å². The van der Waals surface area contributed by atoms with E-state index in [0.717, 1.165) is 32.5 Å². The van der Waals surface area contributed by atoms with E-state index in [9.17, 15) is 4.79 Å². The standard InChI is InChI=1S/C11H21NO3/c1-9(8-15-2)12-6-5-10(7-12)3-4-11(13)14/h9-10H,3-8H2,1-2H3,(H,13,14). The number of likely N-dealkylation sites (tertiary alicyclic amines) is 1. The summed E-state index contributed by atoms with van der Waals surface area (Å²) < 4.78 is 5.11. The van der Waals surface area contributed by atoms with Crippen LogP contribution >= 0.6 is 0 Å². The van der Waals surface area contributed by atoms with E-state index in [-0.39, 0.29) is 0 Å². The second-order valence-corrected chi connectivity index (χ2v) is 4.39. The van der Waals surface area contributed by atoms with Gasteiger partial charge in [-0.15, -0.1) is 0 Å². The molecule has 88 valence electrons. The minimum atomic E-state index is -0.682. The molecule has 4 heteroatoms. The zero-order valence-corrected chi connectivity index (χ0v) is 9.61. The Balaban J connectivity index is 2.23. The van der Waals surface area contributed by atoms with Gasteiger partial charge < -0.3 is 9.84 Å². The van der Waals surface area contributed by atoms with Crippen molar-refractivity contribution in [1.82, 2.24) is 4.90 Å². The average molecular weight is 215 g/mol. The minimum Gasteiger partial charge on any atom is -0.481 e. The van der Waals surface area contributed by atoms with Crippen LogP contribution in [0.2, 0.25) is 0 Å². The average Bonchev–Trinajstić information content (AvgIpc) is 2.63. The van der Waals surface area contributed by atoms with Crippen LogP contribution in [0.3, 0.4) is 0 Å². The summed E-state index contributed by atoms with van der Waals surface area (Å²) in [6, 6.07) is 0.449. The Morgan fingerprint density at radius 1 is 1.67 bits per heavy atom. The molecule has 0 aromatic heterocycles. The maximum absolute atomic E-state index is 10.4. The van der Waals surface area contributed by atoms with Gasteiger partial charge in [-0.1, -0.05) is 0 Å². The van der Waals surface area contributed by atoms with Crippen LogP contribution in [0, 0.1) is 5.92 Å². The van der Waals surface area contributed by atoms with Gasteiger partial charge in [0.1, 0.15) is 0 Å². The maximum Gasteiger partial charge on any atom is 0.303 e. The molecule has 1 aliphatic rings. The van der Waals surface area contributed by atoms with E-state index >= 15 is 0 Å². The van der Waals surface area contributed by atoms with Gasteiger partial charge in [0.05, 0.1) is 6.61 Å². The number of rotatable bonds is 6. The molecule has 0 aromatic rings. The lowest BCUT2D eigenvalue weighted by molar-refractivity contribution is -0.137. The van der Waals surface area contributed by atoms with E-state index in [0.29, 0.717) is 18.4 Å². The molecule has 1 fully saturated rings. The van der Waals surface area contributed by atoms with Crippen molar-refractivity contribution >= 4 is 5.97 Å². The van der Waals surface area contributed by atoms with Crippen LogP contribution in [-0.2, 0) is 9.53 Å². The van der Waals surface area contributed by atoms with Gasteiger partial charge in [-0.05, 0) is 32.2 Å². The van der Waals surface area contributed by atoms with E-state index in [1.54, 1.807) is 7.11 Å². The molecule has 1 aliphatic heterocycles. The summed E-state index contributed by atoms with van der Waals surface area (Å²) in [4.78, 5) is 12.8. The van der Waals surface area contributed by atoms with Gasteiger partial charge in [-0.2, -0.15) is 0 Å². The van der Waals surface area contributed by atoms with E-state index < -0.39 is 5.97 Å². The molecule has 15 heavy (non-hydrogen) atoms. The molecule has 4 nitrogen and oxygen atoms in total. The molecule has 1 rings (SSSR count). The molecule has 0 aliphatic carbocycles. The highest BCUT2D eigenvalue weighted by molar-refractivity contribution is 5.66. The van der Waals surface area contributed by atoms with Crippen molar-refractivity contribution in [2.45, 2.75) is 32.2 Å². The summed E-state index contributed by atoms with van der Waals surface area (Å²) in [5.74, 6) is -0.126. The molecule has 1 saturated heterocycles. The summed E-state index contributed by atoms with van der Waals surface area (Å²) in [7, 11) is 1.72.